The molecular formula is C14H21NO3. The monoisotopic (exact) mass is 251 g/mol. The van der Waals surface area contributed by atoms with Gasteiger partial charge in [0.15, 0.2) is 0 Å². The number of carbonyl (C=O) groups excluding carboxylic acids is 1. The van der Waals surface area contributed by atoms with Gasteiger partial charge >= 0.3 is 5.97 Å². The summed E-state index contributed by atoms with van der Waals surface area (Å²) in [5.74, 6) is 0.451. The van der Waals surface area contributed by atoms with E-state index in [0.717, 1.165) is 17.0 Å². The standard InChI is InChI=1S/C14H21NO3/c1-9-8-12(6-7-13(9)17-4)15-11(3)10(2)14(16)18-5/h6-8,10-11,15H,1-5H3. The molecule has 1 aromatic carbocycles. The van der Waals surface area contributed by atoms with E-state index in [9.17, 15) is 4.79 Å². The summed E-state index contributed by atoms with van der Waals surface area (Å²) in [5, 5.41) is 3.29. The first-order valence-electron chi connectivity index (χ1n) is 5.98. The van der Waals surface area contributed by atoms with Gasteiger partial charge in [-0.25, -0.2) is 0 Å². The van der Waals surface area contributed by atoms with Gasteiger partial charge in [-0.05, 0) is 44.5 Å². The lowest BCUT2D eigenvalue weighted by Gasteiger charge is -2.21. The molecule has 0 aliphatic heterocycles. The lowest BCUT2D eigenvalue weighted by Crippen LogP contribution is -2.30. The van der Waals surface area contributed by atoms with E-state index >= 15 is 0 Å². The Morgan fingerprint density at radius 2 is 1.94 bits per heavy atom. The molecule has 1 aromatic rings. The third kappa shape index (κ3) is 3.39. The summed E-state index contributed by atoms with van der Waals surface area (Å²) in [7, 11) is 3.06. The lowest BCUT2D eigenvalue weighted by molar-refractivity contribution is -0.145. The van der Waals surface area contributed by atoms with Gasteiger partial charge in [-0.1, -0.05) is 0 Å². The summed E-state index contributed by atoms with van der Waals surface area (Å²) >= 11 is 0. The Hall–Kier alpha value is -1.71. The highest BCUT2D eigenvalue weighted by Gasteiger charge is 2.20. The highest BCUT2D eigenvalue weighted by atomic mass is 16.5. The predicted molar refractivity (Wildman–Crippen MR) is 72.0 cm³/mol. The molecule has 0 bridgehead atoms. The maximum Gasteiger partial charge on any atom is 0.310 e. The Bertz CT molecular complexity index is 418. The van der Waals surface area contributed by atoms with Crippen LogP contribution in [0.2, 0.25) is 0 Å². The van der Waals surface area contributed by atoms with Crippen LogP contribution in [0.1, 0.15) is 19.4 Å². The highest BCUT2D eigenvalue weighted by Crippen LogP contribution is 2.22. The molecule has 0 saturated heterocycles. The number of hydrogen-bond acceptors (Lipinski definition) is 4. The van der Waals surface area contributed by atoms with E-state index in [4.69, 9.17) is 9.47 Å². The Kier molecular flexibility index (Phi) is 5.01. The molecule has 0 heterocycles. The molecule has 18 heavy (non-hydrogen) atoms. The van der Waals surface area contributed by atoms with Gasteiger partial charge in [0.05, 0.1) is 20.1 Å². The molecule has 0 aromatic heterocycles. The van der Waals surface area contributed by atoms with Crippen LogP contribution in [0, 0.1) is 12.8 Å². The molecular weight excluding hydrogens is 230 g/mol. The number of esters is 1. The number of nitrogens with one attached hydrogen (secondary N) is 1. The van der Waals surface area contributed by atoms with Gasteiger partial charge in [0.1, 0.15) is 5.75 Å². The Morgan fingerprint density at radius 3 is 2.44 bits per heavy atom. The van der Waals surface area contributed by atoms with E-state index in [1.165, 1.54) is 7.11 Å². The second-order valence-corrected chi connectivity index (χ2v) is 4.43. The first-order chi connectivity index (χ1) is 8.49. The van der Waals surface area contributed by atoms with Crippen molar-refractivity contribution in [2.45, 2.75) is 26.8 Å². The molecule has 1 rings (SSSR count). The van der Waals surface area contributed by atoms with Crippen LogP contribution < -0.4 is 10.1 Å². The summed E-state index contributed by atoms with van der Waals surface area (Å²) < 4.78 is 9.94. The fourth-order valence-corrected chi connectivity index (χ4v) is 1.75. The van der Waals surface area contributed by atoms with Crippen molar-refractivity contribution in [3.05, 3.63) is 23.8 Å². The summed E-state index contributed by atoms with van der Waals surface area (Å²) in [6, 6.07) is 5.85. The second-order valence-electron chi connectivity index (χ2n) is 4.43. The maximum absolute atomic E-state index is 11.4. The van der Waals surface area contributed by atoms with Crippen LogP contribution in [0.25, 0.3) is 0 Å². The van der Waals surface area contributed by atoms with Crippen LogP contribution in [-0.2, 0) is 9.53 Å². The quantitative estimate of drug-likeness (QED) is 0.817. The molecule has 1 N–H and O–H groups in total. The van der Waals surface area contributed by atoms with E-state index in [0.29, 0.717) is 0 Å². The number of ether oxygens (including phenoxy) is 2. The van der Waals surface area contributed by atoms with E-state index < -0.39 is 0 Å². The SMILES string of the molecule is COC(=O)C(C)C(C)Nc1ccc(OC)c(C)c1. The average Bonchev–Trinajstić information content (AvgIpc) is 2.37. The first-order valence-corrected chi connectivity index (χ1v) is 5.98. The van der Waals surface area contributed by atoms with Crippen molar-refractivity contribution >= 4 is 11.7 Å². The fraction of sp³-hybridized carbons (Fsp3) is 0.500. The lowest BCUT2D eigenvalue weighted by atomic mass is 10.0. The highest BCUT2D eigenvalue weighted by molar-refractivity contribution is 5.73. The smallest absolute Gasteiger partial charge is 0.310 e. The minimum atomic E-state index is -0.208. The third-order valence-corrected chi connectivity index (χ3v) is 3.11. The van der Waals surface area contributed by atoms with E-state index in [1.807, 2.05) is 39.0 Å². The molecule has 0 saturated carbocycles. The number of benzene rings is 1. The molecule has 4 heteroatoms. The van der Waals surface area contributed by atoms with Crippen molar-refractivity contribution < 1.29 is 14.3 Å². The van der Waals surface area contributed by atoms with Gasteiger partial charge in [0, 0.05) is 11.7 Å². The predicted octanol–water partition coefficient (Wildman–Crippen LogP) is 2.61. The van der Waals surface area contributed by atoms with Gasteiger partial charge in [0.2, 0.25) is 0 Å². The molecule has 0 spiro atoms. The largest absolute Gasteiger partial charge is 0.496 e. The van der Waals surface area contributed by atoms with Crippen molar-refractivity contribution in [2.75, 3.05) is 19.5 Å². The number of rotatable bonds is 5. The topological polar surface area (TPSA) is 47.6 Å². The van der Waals surface area contributed by atoms with Gasteiger partial charge < -0.3 is 14.8 Å². The van der Waals surface area contributed by atoms with Gasteiger partial charge in [0.25, 0.3) is 0 Å². The summed E-state index contributed by atoms with van der Waals surface area (Å²) in [5.41, 5.74) is 2.02. The van der Waals surface area contributed by atoms with Crippen molar-refractivity contribution in [2.24, 2.45) is 5.92 Å². The van der Waals surface area contributed by atoms with Crippen LogP contribution in [0.4, 0.5) is 5.69 Å². The second kappa shape index (κ2) is 6.28. The number of aryl methyl sites for hydroxylation is 1. The molecule has 0 aliphatic rings. The van der Waals surface area contributed by atoms with Crippen molar-refractivity contribution in [1.82, 2.24) is 0 Å². The molecule has 0 aliphatic carbocycles. The number of methoxy groups -OCH3 is 2. The van der Waals surface area contributed by atoms with Crippen LogP contribution in [-0.4, -0.2) is 26.2 Å². The Labute approximate surface area is 108 Å². The van der Waals surface area contributed by atoms with Crippen LogP contribution in [0.5, 0.6) is 5.75 Å². The number of anilines is 1. The molecule has 2 unspecified atom stereocenters. The molecule has 2 atom stereocenters. The van der Waals surface area contributed by atoms with E-state index in [-0.39, 0.29) is 17.9 Å². The minimum absolute atomic E-state index is 0.00486. The normalized spacial score (nSPS) is 13.6. The summed E-state index contributed by atoms with van der Waals surface area (Å²) in [4.78, 5) is 11.4. The molecule has 4 nitrogen and oxygen atoms in total. The van der Waals surface area contributed by atoms with Gasteiger partial charge in [-0.2, -0.15) is 0 Å². The maximum atomic E-state index is 11.4. The summed E-state index contributed by atoms with van der Waals surface area (Å²) in [6.07, 6.45) is 0. The van der Waals surface area contributed by atoms with Crippen molar-refractivity contribution in [3.63, 3.8) is 0 Å². The van der Waals surface area contributed by atoms with Gasteiger partial charge in [-0.15, -0.1) is 0 Å². The fourth-order valence-electron chi connectivity index (χ4n) is 1.75. The van der Waals surface area contributed by atoms with E-state index in [2.05, 4.69) is 5.32 Å². The Balaban J connectivity index is 2.73. The van der Waals surface area contributed by atoms with Crippen LogP contribution >= 0.6 is 0 Å². The zero-order valence-corrected chi connectivity index (χ0v) is 11.6. The van der Waals surface area contributed by atoms with Crippen LogP contribution in [0.15, 0.2) is 18.2 Å². The third-order valence-electron chi connectivity index (χ3n) is 3.11. The van der Waals surface area contributed by atoms with E-state index in [1.54, 1.807) is 7.11 Å². The van der Waals surface area contributed by atoms with Crippen molar-refractivity contribution in [3.8, 4) is 5.75 Å². The van der Waals surface area contributed by atoms with Crippen molar-refractivity contribution in [1.29, 1.82) is 0 Å². The summed E-state index contributed by atoms with van der Waals surface area (Å²) in [6.45, 7) is 5.79. The zero-order valence-electron chi connectivity index (χ0n) is 11.6. The average molecular weight is 251 g/mol. The molecule has 100 valence electrons. The zero-order chi connectivity index (χ0) is 13.7. The van der Waals surface area contributed by atoms with Gasteiger partial charge in [-0.3, -0.25) is 4.79 Å². The first kappa shape index (κ1) is 14.4. The molecule has 0 fully saturated rings. The molecule has 0 amide bonds. The molecule has 0 radical (unpaired) electrons. The van der Waals surface area contributed by atoms with Crippen LogP contribution in [0.3, 0.4) is 0 Å². The Morgan fingerprint density at radius 1 is 1.28 bits per heavy atom. The number of hydrogen-bond donors (Lipinski definition) is 1. The minimum Gasteiger partial charge on any atom is -0.496 e. The number of carbonyl (C=O) groups is 1.